The van der Waals surface area contributed by atoms with Gasteiger partial charge in [0.1, 0.15) is 0 Å². The summed E-state index contributed by atoms with van der Waals surface area (Å²) in [6.45, 7) is 0. The van der Waals surface area contributed by atoms with Crippen LogP contribution >= 0.6 is 23.2 Å². The average Bonchev–Trinajstić information content (AvgIpc) is 2.49. The van der Waals surface area contributed by atoms with Gasteiger partial charge in [-0.05, 0) is 12.1 Å². The maximum Gasteiger partial charge on any atom is 0.435 e. The molecule has 1 rings (SSSR count). The van der Waals surface area contributed by atoms with Crippen LogP contribution in [0.4, 0.5) is 36.4 Å². The van der Waals surface area contributed by atoms with Crippen LogP contribution in [0, 0.1) is 0 Å². The Balaban J connectivity index is 3.32. The minimum Gasteiger partial charge on any atom is -0.462 e. The average molecular weight is 431 g/mol. The van der Waals surface area contributed by atoms with Gasteiger partial charge in [0, 0.05) is 5.56 Å². The lowest BCUT2D eigenvalue weighted by molar-refractivity contribution is -0.348. The molecular weight excluding hydrogens is 424 g/mol. The number of methoxy groups -OCH3 is 1. The lowest BCUT2D eigenvalue weighted by Gasteiger charge is -2.30. The minimum atomic E-state index is -6.36. The summed E-state index contributed by atoms with van der Waals surface area (Å²) in [4.78, 5) is 22.0. The van der Waals surface area contributed by atoms with Crippen LogP contribution in [0.1, 0.15) is 5.56 Å². The molecule has 2 N–H and O–H groups in total. The first-order valence-corrected chi connectivity index (χ1v) is 6.88. The van der Waals surface area contributed by atoms with Crippen molar-refractivity contribution in [1.29, 1.82) is 0 Å². The highest BCUT2D eigenvalue weighted by molar-refractivity contribution is 6.39. The number of carbonyl (C=O) groups is 2. The molecule has 0 bridgehead atoms. The van der Waals surface area contributed by atoms with Gasteiger partial charge in [-0.15, -0.1) is 0 Å². The highest BCUT2D eigenvalue weighted by Gasteiger charge is 2.73. The molecule has 26 heavy (non-hydrogen) atoms. The third-order valence-corrected chi connectivity index (χ3v) is 3.49. The zero-order chi connectivity index (χ0) is 20.5. The van der Waals surface area contributed by atoms with Gasteiger partial charge in [-0.2, -0.15) is 26.3 Å². The van der Waals surface area contributed by atoms with E-state index in [9.17, 15) is 40.3 Å². The summed E-state index contributed by atoms with van der Waals surface area (Å²) < 4.78 is 94.4. The Labute approximate surface area is 150 Å². The van der Waals surface area contributed by atoms with E-state index in [4.69, 9.17) is 23.2 Å². The Morgan fingerprint density at radius 3 is 1.73 bits per heavy atom. The van der Waals surface area contributed by atoms with Gasteiger partial charge in [0.15, 0.2) is 0 Å². The van der Waals surface area contributed by atoms with Gasteiger partial charge in [0.2, 0.25) is 0 Å². The van der Waals surface area contributed by atoms with Gasteiger partial charge < -0.3 is 4.74 Å². The van der Waals surface area contributed by atoms with Gasteiger partial charge >= 0.3 is 29.9 Å². The van der Waals surface area contributed by atoms with Crippen molar-refractivity contribution < 1.29 is 45.1 Å². The molecule has 0 unspecified atom stereocenters. The summed E-state index contributed by atoms with van der Waals surface area (Å²) in [6.07, 6.45) is -12.7. The lowest BCUT2D eigenvalue weighted by atomic mass is 9.94. The number of hydrogen-bond donors (Lipinski definition) is 2. The van der Waals surface area contributed by atoms with Crippen LogP contribution in [0.5, 0.6) is 0 Å². The number of esters is 1. The van der Waals surface area contributed by atoms with E-state index in [0.29, 0.717) is 0 Å². The molecule has 14 heteroatoms. The second-order valence-electron chi connectivity index (χ2n) is 4.54. The standard InChI is InChI=1S/C12H7Cl2F7N2O3/c1-26-9(25)8(24)23-22-7-5(13)2-4(3-6(7)14)10(15,11(16,17)18)12(19,20)21/h2-3,22H,1H3,(H,23,24). The van der Waals surface area contributed by atoms with Gasteiger partial charge in [0.25, 0.3) is 0 Å². The molecule has 0 heterocycles. The molecule has 146 valence electrons. The van der Waals surface area contributed by atoms with E-state index in [-0.39, 0.29) is 12.1 Å². The smallest absolute Gasteiger partial charge is 0.435 e. The summed E-state index contributed by atoms with van der Waals surface area (Å²) in [5.41, 5.74) is -4.65. The normalized spacial score (nSPS) is 12.5. The van der Waals surface area contributed by atoms with Crippen molar-refractivity contribution in [3.63, 3.8) is 0 Å². The Bertz CT molecular complexity index is 685. The summed E-state index contributed by atoms with van der Waals surface area (Å²) in [5.74, 6) is -2.76. The predicted octanol–water partition coefficient (Wildman–Crippen LogP) is 3.90. The lowest BCUT2D eigenvalue weighted by Crippen LogP contribution is -2.50. The van der Waals surface area contributed by atoms with Crippen LogP contribution in [0.25, 0.3) is 0 Å². The molecular formula is C12H7Cl2F7N2O3. The quantitative estimate of drug-likeness (QED) is 0.330. The van der Waals surface area contributed by atoms with E-state index in [0.717, 1.165) is 7.11 Å². The molecule has 1 amide bonds. The van der Waals surface area contributed by atoms with E-state index < -0.39 is 51.2 Å². The van der Waals surface area contributed by atoms with Crippen LogP contribution < -0.4 is 10.9 Å². The zero-order valence-electron chi connectivity index (χ0n) is 12.3. The fourth-order valence-corrected chi connectivity index (χ4v) is 2.22. The van der Waals surface area contributed by atoms with Crippen molar-refractivity contribution in [3.05, 3.63) is 27.7 Å². The first kappa shape index (κ1) is 22.1. The predicted molar refractivity (Wildman–Crippen MR) is 75.1 cm³/mol. The Morgan fingerprint density at radius 2 is 1.38 bits per heavy atom. The van der Waals surface area contributed by atoms with E-state index >= 15 is 0 Å². The van der Waals surface area contributed by atoms with E-state index in [1.807, 2.05) is 5.43 Å². The number of halogens is 9. The van der Waals surface area contributed by atoms with Crippen LogP contribution in [0.2, 0.25) is 10.0 Å². The van der Waals surface area contributed by atoms with E-state index in [2.05, 4.69) is 4.74 Å². The molecule has 0 aliphatic carbocycles. The number of amides is 1. The van der Waals surface area contributed by atoms with E-state index in [1.165, 1.54) is 0 Å². The third kappa shape index (κ3) is 4.06. The summed E-state index contributed by atoms with van der Waals surface area (Å²) >= 11 is 11.0. The molecule has 1 aromatic rings. The monoisotopic (exact) mass is 430 g/mol. The summed E-state index contributed by atoms with van der Waals surface area (Å²) in [6, 6.07) is 0.0576. The van der Waals surface area contributed by atoms with Gasteiger partial charge in [-0.3, -0.25) is 15.6 Å². The Hall–Kier alpha value is -1.95. The largest absolute Gasteiger partial charge is 0.462 e. The fraction of sp³-hybridized carbons (Fsp3) is 0.333. The van der Waals surface area contributed by atoms with Crippen LogP contribution in [-0.4, -0.2) is 31.3 Å². The first-order chi connectivity index (χ1) is 11.7. The van der Waals surface area contributed by atoms with Crippen molar-refractivity contribution in [2.75, 3.05) is 12.5 Å². The maximum absolute atomic E-state index is 14.0. The molecule has 0 saturated heterocycles. The van der Waals surface area contributed by atoms with Gasteiger partial charge in [0.05, 0.1) is 22.8 Å². The molecule has 0 aliphatic heterocycles. The number of carbonyl (C=O) groups excluding carboxylic acids is 2. The molecule has 0 atom stereocenters. The molecule has 0 aliphatic rings. The summed E-state index contributed by atoms with van der Waals surface area (Å²) in [5, 5.41) is -1.79. The van der Waals surface area contributed by atoms with Crippen LogP contribution in [0.3, 0.4) is 0 Å². The third-order valence-electron chi connectivity index (χ3n) is 2.89. The fourth-order valence-electron chi connectivity index (χ4n) is 1.64. The van der Waals surface area contributed by atoms with Crippen molar-refractivity contribution >= 4 is 40.8 Å². The number of nitrogens with one attached hydrogen (secondary N) is 2. The molecule has 0 fully saturated rings. The summed E-state index contributed by atoms with van der Waals surface area (Å²) in [7, 11) is 0.867. The number of rotatable bonds is 3. The van der Waals surface area contributed by atoms with Crippen molar-refractivity contribution in [2.24, 2.45) is 0 Å². The van der Waals surface area contributed by atoms with Crippen molar-refractivity contribution in [1.82, 2.24) is 5.43 Å². The van der Waals surface area contributed by atoms with Gasteiger partial charge in [-0.25, -0.2) is 9.18 Å². The number of anilines is 1. The molecule has 1 aromatic carbocycles. The highest BCUT2D eigenvalue weighted by atomic mass is 35.5. The Morgan fingerprint density at radius 1 is 0.962 bits per heavy atom. The molecule has 0 spiro atoms. The number of ether oxygens (including phenoxy) is 1. The topological polar surface area (TPSA) is 67.4 Å². The number of benzene rings is 1. The van der Waals surface area contributed by atoms with E-state index in [1.54, 1.807) is 5.43 Å². The molecule has 0 saturated carbocycles. The maximum atomic E-state index is 14.0. The Kier molecular flexibility index (Phi) is 6.24. The number of hydrazine groups is 1. The SMILES string of the molecule is COC(=O)C(=O)NNc1c(Cl)cc(C(F)(C(F)(F)F)C(F)(F)F)cc1Cl. The van der Waals surface area contributed by atoms with Crippen molar-refractivity contribution in [2.45, 2.75) is 18.0 Å². The van der Waals surface area contributed by atoms with Crippen LogP contribution in [0.15, 0.2) is 12.1 Å². The zero-order valence-corrected chi connectivity index (χ0v) is 13.8. The van der Waals surface area contributed by atoms with Crippen molar-refractivity contribution in [3.8, 4) is 0 Å². The number of hydrogen-bond acceptors (Lipinski definition) is 4. The second-order valence-corrected chi connectivity index (χ2v) is 5.35. The molecule has 5 nitrogen and oxygen atoms in total. The second kappa shape index (κ2) is 7.35. The number of alkyl halides is 7. The molecule has 0 aromatic heterocycles. The highest BCUT2D eigenvalue weighted by Crippen LogP contribution is 2.54. The molecule has 0 radical (unpaired) electrons. The van der Waals surface area contributed by atoms with Crippen LogP contribution in [-0.2, 0) is 20.0 Å². The minimum absolute atomic E-state index is 0.0288. The first-order valence-electron chi connectivity index (χ1n) is 6.13. The van der Waals surface area contributed by atoms with Gasteiger partial charge in [-0.1, -0.05) is 23.2 Å².